The van der Waals surface area contributed by atoms with E-state index in [0.29, 0.717) is 11.3 Å². The summed E-state index contributed by atoms with van der Waals surface area (Å²) >= 11 is 4.98. The maximum absolute atomic E-state index is 11.3. The second-order valence-corrected chi connectivity index (χ2v) is 3.82. The standard InChI is InChI=1S/C10H11N3OS/c1-7-3-2-4-8(5-7)6-13-9(14)11-12-10(13)15/h2-5H,6H2,1H3,(H,11,14)(H,12,15). The van der Waals surface area contributed by atoms with Crippen LogP contribution in [0.15, 0.2) is 29.1 Å². The fourth-order valence-corrected chi connectivity index (χ4v) is 1.67. The summed E-state index contributed by atoms with van der Waals surface area (Å²) in [6.07, 6.45) is 0. The average Bonchev–Trinajstić information content (AvgIpc) is 2.50. The van der Waals surface area contributed by atoms with Crippen molar-refractivity contribution in [2.75, 3.05) is 0 Å². The Morgan fingerprint density at radius 2 is 2.20 bits per heavy atom. The summed E-state index contributed by atoms with van der Waals surface area (Å²) in [4.78, 5) is 11.3. The largest absolute Gasteiger partial charge is 0.342 e. The maximum Gasteiger partial charge on any atom is 0.342 e. The number of rotatable bonds is 2. The lowest BCUT2D eigenvalue weighted by molar-refractivity contribution is 0.750. The van der Waals surface area contributed by atoms with Gasteiger partial charge < -0.3 is 0 Å². The third kappa shape index (κ3) is 2.07. The molecule has 0 aliphatic heterocycles. The second-order valence-electron chi connectivity index (χ2n) is 3.44. The van der Waals surface area contributed by atoms with E-state index in [1.807, 2.05) is 31.2 Å². The minimum absolute atomic E-state index is 0.207. The van der Waals surface area contributed by atoms with Crippen molar-refractivity contribution in [1.29, 1.82) is 0 Å². The molecular weight excluding hydrogens is 210 g/mol. The lowest BCUT2D eigenvalue weighted by Crippen LogP contribution is -2.17. The quantitative estimate of drug-likeness (QED) is 0.757. The number of benzene rings is 1. The van der Waals surface area contributed by atoms with Crippen LogP contribution >= 0.6 is 12.2 Å². The maximum atomic E-state index is 11.3. The van der Waals surface area contributed by atoms with Gasteiger partial charge in [-0.15, -0.1) is 0 Å². The Morgan fingerprint density at radius 3 is 2.80 bits per heavy atom. The summed E-state index contributed by atoms with van der Waals surface area (Å²) in [5.41, 5.74) is 2.03. The van der Waals surface area contributed by atoms with Crippen molar-refractivity contribution in [1.82, 2.24) is 14.8 Å². The molecule has 1 heterocycles. The summed E-state index contributed by atoms with van der Waals surface area (Å²) in [5, 5.41) is 5.06. The summed E-state index contributed by atoms with van der Waals surface area (Å²) < 4.78 is 1.91. The number of nitrogens with one attached hydrogen (secondary N) is 2. The summed E-state index contributed by atoms with van der Waals surface area (Å²) in [6.45, 7) is 2.52. The van der Waals surface area contributed by atoms with Gasteiger partial charge in [-0.05, 0) is 24.7 Å². The van der Waals surface area contributed by atoms with Crippen LogP contribution in [0.3, 0.4) is 0 Å². The second kappa shape index (κ2) is 3.86. The van der Waals surface area contributed by atoms with Crippen molar-refractivity contribution in [3.63, 3.8) is 0 Å². The first-order chi connectivity index (χ1) is 7.16. The Balaban J connectivity index is 2.38. The average molecular weight is 221 g/mol. The zero-order valence-corrected chi connectivity index (χ0v) is 9.10. The Labute approximate surface area is 91.6 Å². The fourth-order valence-electron chi connectivity index (χ4n) is 1.47. The van der Waals surface area contributed by atoms with E-state index >= 15 is 0 Å². The summed E-state index contributed by atoms with van der Waals surface area (Å²) in [7, 11) is 0. The topological polar surface area (TPSA) is 53.6 Å². The van der Waals surface area contributed by atoms with Crippen LogP contribution in [-0.4, -0.2) is 14.8 Å². The van der Waals surface area contributed by atoms with Gasteiger partial charge in [-0.1, -0.05) is 29.8 Å². The highest BCUT2D eigenvalue weighted by Gasteiger charge is 2.01. The molecule has 15 heavy (non-hydrogen) atoms. The van der Waals surface area contributed by atoms with Crippen molar-refractivity contribution in [2.24, 2.45) is 0 Å². The molecule has 5 heteroatoms. The van der Waals surface area contributed by atoms with Gasteiger partial charge in [0.2, 0.25) is 0 Å². The van der Waals surface area contributed by atoms with E-state index in [9.17, 15) is 4.79 Å². The first-order valence-corrected chi connectivity index (χ1v) is 5.00. The highest BCUT2D eigenvalue weighted by Crippen LogP contribution is 2.04. The molecule has 0 saturated heterocycles. The lowest BCUT2D eigenvalue weighted by atomic mass is 10.1. The molecule has 0 saturated carbocycles. The van der Waals surface area contributed by atoms with Gasteiger partial charge in [-0.2, -0.15) is 0 Å². The molecule has 2 N–H and O–H groups in total. The highest BCUT2D eigenvalue weighted by molar-refractivity contribution is 7.71. The number of hydrogen-bond acceptors (Lipinski definition) is 2. The number of hydrogen-bond donors (Lipinski definition) is 2. The molecule has 0 radical (unpaired) electrons. The van der Waals surface area contributed by atoms with Gasteiger partial charge in [-0.3, -0.25) is 9.67 Å². The van der Waals surface area contributed by atoms with Gasteiger partial charge >= 0.3 is 5.69 Å². The molecule has 1 aromatic carbocycles. The van der Waals surface area contributed by atoms with Crippen LogP contribution in [-0.2, 0) is 6.54 Å². The lowest BCUT2D eigenvalue weighted by Gasteiger charge is -2.01. The van der Waals surface area contributed by atoms with Crippen LogP contribution in [0, 0.1) is 11.7 Å². The van der Waals surface area contributed by atoms with Crippen LogP contribution in [0.25, 0.3) is 0 Å². The van der Waals surface area contributed by atoms with Crippen molar-refractivity contribution in [3.8, 4) is 0 Å². The van der Waals surface area contributed by atoms with Crippen molar-refractivity contribution in [2.45, 2.75) is 13.5 Å². The van der Waals surface area contributed by atoms with E-state index in [-0.39, 0.29) is 5.69 Å². The molecule has 0 aliphatic carbocycles. The third-order valence-electron chi connectivity index (χ3n) is 2.19. The number of aromatic nitrogens is 3. The van der Waals surface area contributed by atoms with E-state index in [1.54, 1.807) is 0 Å². The predicted octanol–water partition coefficient (Wildman–Crippen LogP) is 1.59. The van der Waals surface area contributed by atoms with Crippen LogP contribution in [0.5, 0.6) is 0 Å². The van der Waals surface area contributed by atoms with E-state index in [1.165, 1.54) is 10.1 Å². The van der Waals surface area contributed by atoms with Crippen molar-refractivity contribution < 1.29 is 0 Å². The van der Waals surface area contributed by atoms with Crippen molar-refractivity contribution in [3.05, 3.63) is 50.6 Å². The van der Waals surface area contributed by atoms with E-state index in [4.69, 9.17) is 12.2 Å². The zero-order chi connectivity index (χ0) is 10.8. The van der Waals surface area contributed by atoms with E-state index in [2.05, 4.69) is 10.2 Å². The van der Waals surface area contributed by atoms with Gasteiger partial charge in [-0.25, -0.2) is 9.89 Å². The normalized spacial score (nSPS) is 10.5. The van der Waals surface area contributed by atoms with Crippen molar-refractivity contribution >= 4 is 12.2 Å². The monoisotopic (exact) mass is 221 g/mol. The summed E-state index contributed by atoms with van der Waals surface area (Å²) in [5.74, 6) is 0. The van der Waals surface area contributed by atoms with Crippen LogP contribution < -0.4 is 5.69 Å². The number of aryl methyl sites for hydroxylation is 1. The van der Waals surface area contributed by atoms with Gasteiger partial charge in [0, 0.05) is 0 Å². The number of H-pyrrole nitrogens is 2. The Hall–Kier alpha value is -1.62. The molecule has 1 aromatic heterocycles. The molecule has 2 rings (SSSR count). The minimum Gasteiger partial charge on any atom is -0.272 e. The highest BCUT2D eigenvalue weighted by atomic mass is 32.1. The Bertz CT molecular complexity index is 551. The molecular formula is C10H11N3OS. The molecule has 4 nitrogen and oxygen atoms in total. The van der Waals surface area contributed by atoms with Gasteiger partial charge in [0.25, 0.3) is 0 Å². The molecule has 2 aromatic rings. The summed E-state index contributed by atoms with van der Waals surface area (Å²) in [6, 6.07) is 7.99. The molecule has 0 fully saturated rings. The van der Waals surface area contributed by atoms with Gasteiger partial charge in [0.05, 0.1) is 6.54 Å². The van der Waals surface area contributed by atoms with Gasteiger partial charge in [0.1, 0.15) is 0 Å². The first-order valence-electron chi connectivity index (χ1n) is 4.60. The van der Waals surface area contributed by atoms with Gasteiger partial charge in [0.15, 0.2) is 4.77 Å². The zero-order valence-electron chi connectivity index (χ0n) is 8.28. The number of aromatic amines is 2. The third-order valence-corrected chi connectivity index (χ3v) is 2.51. The minimum atomic E-state index is -0.207. The SMILES string of the molecule is Cc1cccc(Cn2c(=O)[nH][nH]c2=S)c1. The molecule has 0 spiro atoms. The van der Waals surface area contributed by atoms with E-state index < -0.39 is 0 Å². The smallest absolute Gasteiger partial charge is 0.272 e. The molecule has 78 valence electrons. The first kappa shape index (κ1) is 9.92. The Morgan fingerprint density at radius 1 is 1.40 bits per heavy atom. The molecule has 0 unspecified atom stereocenters. The molecule has 0 bridgehead atoms. The molecule has 0 aliphatic rings. The van der Waals surface area contributed by atoms with Crippen LogP contribution in [0.4, 0.5) is 0 Å². The fraction of sp³-hybridized carbons (Fsp3) is 0.200. The number of nitrogens with zero attached hydrogens (tertiary/aromatic N) is 1. The van der Waals surface area contributed by atoms with E-state index in [0.717, 1.165) is 5.56 Å². The van der Waals surface area contributed by atoms with Crippen LogP contribution in [0.2, 0.25) is 0 Å². The predicted molar refractivity (Wildman–Crippen MR) is 60.5 cm³/mol. The Kier molecular flexibility index (Phi) is 2.55. The van der Waals surface area contributed by atoms with Crippen LogP contribution in [0.1, 0.15) is 11.1 Å². The molecule has 0 amide bonds. The molecule has 0 atom stereocenters.